The van der Waals surface area contributed by atoms with E-state index in [9.17, 15) is 4.79 Å². The third kappa shape index (κ3) is 3.60. The van der Waals surface area contributed by atoms with Gasteiger partial charge in [-0.25, -0.2) is 0 Å². The number of hydrogen-bond donors (Lipinski definition) is 0. The van der Waals surface area contributed by atoms with Gasteiger partial charge in [-0.05, 0) is 29.5 Å². The Labute approximate surface area is 127 Å². The van der Waals surface area contributed by atoms with Gasteiger partial charge >= 0.3 is 0 Å². The summed E-state index contributed by atoms with van der Waals surface area (Å²) in [4.78, 5) is 11.7. The predicted octanol–water partition coefficient (Wildman–Crippen LogP) is 4.04. The molecule has 1 heterocycles. The molecule has 0 aliphatic heterocycles. The normalized spacial score (nSPS) is 10.8. The van der Waals surface area contributed by atoms with Crippen molar-refractivity contribution in [2.45, 2.75) is 53.0 Å². The van der Waals surface area contributed by atoms with E-state index in [0.29, 0.717) is 12.0 Å². The van der Waals surface area contributed by atoms with E-state index in [0.717, 1.165) is 25.8 Å². The summed E-state index contributed by atoms with van der Waals surface area (Å²) in [5.74, 6) is 0.150. The predicted molar refractivity (Wildman–Crippen MR) is 85.8 cm³/mol. The number of aromatic nitrogens is 2. The number of Topliss-reactive ketones (excluding diaryl/α,β-unsaturated/α-hetero) is 1. The minimum absolute atomic E-state index is 0.150. The molecule has 0 spiro atoms. The quantitative estimate of drug-likeness (QED) is 0.719. The molecule has 2 rings (SSSR count). The van der Waals surface area contributed by atoms with E-state index in [-0.39, 0.29) is 5.78 Å². The van der Waals surface area contributed by atoms with Crippen molar-refractivity contribution in [3.8, 4) is 0 Å². The van der Waals surface area contributed by atoms with Gasteiger partial charge in [-0.2, -0.15) is 5.10 Å². The summed E-state index contributed by atoms with van der Waals surface area (Å²) in [5, 5.41) is 4.33. The monoisotopic (exact) mass is 284 g/mol. The maximum atomic E-state index is 11.7. The lowest BCUT2D eigenvalue weighted by atomic mass is 9.95. The Morgan fingerprint density at radius 3 is 2.62 bits per heavy atom. The van der Waals surface area contributed by atoms with E-state index in [1.54, 1.807) is 6.20 Å². The van der Waals surface area contributed by atoms with Crippen molar-refractivity contribution in [2.75, 3.05) is 0 Å². The number of hydrogen-bond acceptors (Lipinski definition) is 2. The van der Waals surface area contributed by atoms with Gasteiger partial charge in [0.2, 0.25) is 0 Å². The second kappa shape index (κ2) is 7.21. The molecular formula is C18H24N2O. The first-order valence-electron chi connectivity index (χ1n) is 7.84. The van der Waals surface area contributed by atoms with Gasteiger partial charge < -0.3 is 0 Å². The van der Waals surface area contributed by atoms with Crippen LogP contribution in [-0.2, 0) is 19.4 Å². The van der Waals surface area contributed by atoms with Gasteiger partial charge in [0, 0.05) is 12.6 Å². The summed E-state index contributed by atoms with van der Waals surface area (Å²) >= 11 is 0. The van der Waals surface area contributed by atoms with Crippen LogP contribution in [0.5, 0.6) is 0 Å². The lowest BCUT2D eigenvalue weighted by Gasteiger charge is -2.13. The molecule has 0 bridgehead atoms. The van der Waals surface area contributed by atoms with Crippen molar-refractivity contribution >= 4 is 5.78 Å². The number of benzene rings is 1. The van der Waals surface area contributed by atoms with Gasteiger partial charge in [0.25, 0.3) is 0 Å². The van der Waals surface area contributed by atoms with E-state index < -0.39 is 0 Å². The van der Waals surface area contributed by atoms with E-state index in [2.05, 4.69) is 37.1 Å². The molecule has 0 fully saturated rings. The van der Waals surface area contributed by atoms with E-state index in [1.165, 1.54) is 16.7 Å². The fourth-order valence-electron chi connectivity index (χ4n) is 2.71. The van der Waals surface area contributed by atoms with Crippen LogP contribution in [-0.4, -0.2) is 15.6 Å². The van der Waals surface area contributed by atoms with E-state index in [4.69, 9.17) is 0 Å². The number of ketones is 1. The van der Waals surface area contributed by atoms with E-state index >= 15 is 0 Å². The molecule has 0 unspecified atom stereocenters. The standard InChI is InChI=1S/C18H24N2O/c1-4-8-17-14(5-2)9-7-10-15(17)12-20-13-16(11-19-20)18(21)6-3/h7,9-11,13H,4-6,8,12H2,1-3H3. The lowest BCUT2D eigenvalue weighted by molar-refractivity contribution is 0.0988. The van der Waals surface area contributed by atoms with Crippen molar-refractivity contribution in [1.82, 2.24) is 9.78 Å². The minimum atomic E-state index is 0.150. The molecule has 21 heavy (non-hydrogen) atoms. The van der Waals surface area contributed by atoms with Gasteiger partial charge in [0.1, 0.15) is 0 Å². The first-order valence-corrected chi connectivity index (χ1v) is 7.84. The summed E-state index contributed by atoms with van der Waals surface area (Å²) in [6.07, 6.45) is 7.36. The molecule has 2 aromatic rings. The van der Waals surface area contributed by atoms with Crippen molar-refractivity contribution in [2.24, 2.45) is 0 Å². The Bertz CT molecular complexity index is 613. The highest BCUT2D eigenvalue weighted by atomic mass is 16.1. The SMILES string of the molecule is CCCc1c(CC)cccc1Cn1cc(C(=O)CC)cn1. The smallest absolute Gasteiger partial charge is 0.165 e. The van der Waals surface area contributed by atoms with Crippen LogP contribution in [0, 0.1) is 0 Å². The van der Waals surface area contributed by atoms with Crippen LogP contribution in [0.25, 0.3) is 0 Å². The summed E-state index contributed by atoms with van der Waals surface area (Å²) < 4.78 is 1.87. The molecule has 3 heteroatoms. The highest BCUT2D eigenvalue weighted by molar-refractivity contribution is 5.95. The number of carbonyl (C=O) groups is 1. The van der Waals surface area contributed by atoms with Crippen LogP contribution < -0.4 is 0 Å². The number of rotatable bonds is 7. The van der Waals surface area contributed by atoms with Crippen molar-refractivity contribution in [1.29, 1.82) is 0 Å². The van der Waals surface area contributed by atoms with Crippen molar-refractivity contribution in [3.63, 3.8) is 0 Å². The van der Waals surface area contributed by atoms with Crippen LogP contribution in [0.1, 0.15) is 60.7 Å². The molecule has 3 nitrogen and oxygen atoms in total. The van der Waals surface area contributed by atoms with Gasteiger partial charge in [-0.15, -0.1) is 0 Å². The zero-order valence-electron chi connectivity index (χ0n) is 13.2. The average molecular weight is 284 g/mol. The summed E-state index contributed by atoms with van der Waals surface area (Å²) in [5.41, 5.74) is 4.89. The molecule has 112 valence electrons. The second-order valence-electron chi connectivity index (χ2n) is 5.36. The number of aryl methyl sites for hydroxylation is 1. The van der Waals surface area contributed by atoms with Crippen molar-refractivity contribution < 1.29 is 4.79 Å². The molecule has 1 aromatic carbocycles. The molecule has 0 N–H and O–H groups in total. The van der Waals surface area contributed by atoms with E-state index in [1.807, 2.05) is 17.8 Å². The van der Waals surface area contributed by atoms with Gasteiger partial charge in [-0.3, -0.25) is 9.48 Å². The summed E-state index contributed by atoms with van der Waals surface area (Å²) in [6.45, 7) is 7.02. The number of nitrogens with zero attached hydrogens (tertiary/aromatic N) is 2. The van der Waals surface area contributed by atoms with Crippen LogP contribution in [0.15, 0.2) is 30.6 Å². The summed E-state index contributed by atoms with van der Waals surface area (Å²) in [7, 11) is 0. The highest BCUT2D eigenvalue weighted by Gasteiger charge is 2.10. The summed E-state index contributed by atoms with van der Waals surface area (Å²) in [6, 6.07) is 6.51. The maximum absolute atomic E-state index is 11.7. The first kappa shape index (κ1) is 15.5. The van der Waals surface area contributed by atoms with Gasteiger partial charge in [0.05, 0.1) is 18.3 Å². The first-order chi connectivity index (χ1) is 10.2. The third-order valence-electron chi connectivity index (χ3n) is 3.86. The van der Waals surface area contributed by atoms with Crippen LogP contribution in [0.2, 0.25) is 0 Å². The molecule has 1 aromatic heterocycles. The Morgan fingerprint density at radius 2 is 1.95 bits per heavy atom. The zero-order chi connectivity index (χ0) is 15.2. The zero-order valence-corrected chi connectivity index (χ0v) is 13.2. The molecule has 0 saturated carbocycles. The number of carbonyl (C=O) groups excluding carboxylic acids is 1. The Hall–Kier alpha value is -1.90. The van der Waals surface area contributed by atoms with Crippen LogP contribution in [0.3, 0.4) is 0 Å². The molecule has 0 aliphatic rings. The van der Waals surface area contributed by atoms with Crippen LogP contribution >= 0.6 is 0 Å². The Kier molecular flexibility index (Phi) is 5.32. The minimum Gasteiger partial charge on any atom is -0.294 e. The average Bonchev–Trinajstić information content (AvgIpc) is 2.97. The fraction of sp³-hybridized carbons (Fsp3) is 0.444. The molecule has 0 atom stereocenters. The second-order valence-corrected chi connectivity index (χ2v) is 5.36. The van der Waals surface area contributed by atoms with Crippen molar-refractivity contribution in [3.05, 3.63) is 52.8 Å². The molecule has 0 amide bonds. The Morgan fingerprint density at radius 1 is 1.19 bits per heavy atom. The largest absolute Gasteiger partial charge is 0.294 e. The molecule has 0 radical (unpaired) electrons. The van der Waals surface area contributed by atoms with Gasteiger partial charge in [0.15, 0.2) is 5.78 Å². The third-order valence-corrected chi connectivity index (χ3v) is 3.86. The fourth-order valence-corrected chi connectivity index (χ4v) is 2.71. The molecule has 0 aliphatic carbocycles. The molecule has 0 saturated heterocycles. The van der Waals surface area contributed by atoms with Crippen LogP contribution in [0.4, 0.5) is 0 Å². The topological polar surface area (TPSA) is 34.9 Å². The maximum Gasteiger partial charge on any atom is 0.165 e. The van der Waals surface area contributed by atoms with Gasteiger partial charge in [-0.1, -0.05) is 45.4 Å². The highest BCUT2D eigenvalue weighted by Crippen LogP contribution is 2.19. The molecular weight excluding hydrogens is 260 g/mol. The lowest BCUT2D eigenvalue weighted by Crippen LogP contribution is -2.06. The Balaban J connectivity index is 2.26.